The summed E-state index contributed by atoms with van der Waals surface area (Å²) in [5.74, 6) is 1.52. The second kappa shape index (κ2) is 8.11. The van der Waals surface area contributed by atoms with E-state index in [0.29, 0.717) is 29.4 Å². The highest BCUT2D eigenvalue weighted by Gasteiger charge is 2.28. The van der Waals surface area contributed by atoms with E-state index in [4.69, 9.17) is 9.52 Å². The fraction of sp³-hybridized carbons (Fsp3) is 0.263. The van der Waals surface area contributed by atoms with Crippen LogP contribution in [0.2, 0.25) is 0 Å². The molecule has 1 aliphatic carbocycles. The Morgan fingerprint density at radius 2 is 2.10 bits per heavy atom. The number of aromatic nitrogens is 7. The van der Waals surface area contributed by atoms with Gasteiger partial charge >= 0.3 is 0 Å². The molecule has 0 spiro atoms. The first-order valence-corrected chi connectivity index (χ1v) is 10.5. The quantitative estimate of drug-likeness (QED) is 0.431. The number of amides is 1. The van der Waals surface area contributed by atoms with E-state index in [1.807, 2.05) is 36.4 Å². The Hall–Kier alpha value is -3.47. The number of hydrogen-bond acceptors (Lipinski definition) is 8. The molecule has 152 valence electrons. The van der Waals surface area contributed by atoms with Gasteiger partial charge in [0.15, 0.2) is 0 Å². The van der Waals surface area contributed by atoms with Crippen molar-refractivity contribution >= 4 is 23.5 Å². The Labute approximate surface area is 175 Å². The van der Waals surface area contributed by atoms with Crippen molar-refractivity contribution in [2.24, 2.45) is 0 Å². The van der Waals surface area contributed by atoms with Crippen molar-refractivity contribution in [1.82, 2.24) is 34.7 Å². The van der Waals surface area contributed by atoms with E-state index < -0.39 is 0 Å². The second-order valence-electron chi connectivity index (χ2n) is 6.87. The average Bonchev–Trinajstić information content (AvgIpc) is 3.14. The van der Waals surface area contributed by atoms with Crippen LogP contribution in [0.25, 0.3) is 5.69 Å². The third-order valence-electron chi connectivity index (χ3n) is 4.53. The number of carbonyl (C=O) groups excluding carboxylic acids is 1. The topological polar surface area (TPSA) is 117 Å². The lowest BCUT2D eigenvalue weighted by Gasteiger charge is -2.08. The normalized spacial score (nSPS) is 13.5. The summed E-state index contributed by atoms with van der Waals surface area (Å²) >= 11 is 1.18. The maximum absolute atomic E-state index is 12.5. The fourth-order valence-corrected chi connectivity index (χ4v) is 3.53. The predicted octanol–water partition coefficient (Wildman–Crippen LogP) is 2.50. The maximum Gasteiger partial charge on any atom is 0.277 e. The summed E-state index contributed by atoms with van der Waals surface area (Å²) in [5.41, 5.74) is 1.92. The van der Waals surface area contributed by atoms with E-state index in [2.05, 4.69) is 25.6 Å². The van der Waals surface area contributed by atoms with Gasteiger partial charge in [0.1, 0.15) is 25.0 Å². The molecule has 3 aromatic heterocycles. The summed E-state index contributed by atoms with van der Waals surface area (Å²) in [6.07, 6.45) is 5.29. The first kappa shape index (κ1) is 18.6. The van der Waals surface area contributed by atoms with Gasteiger partial charge in [-0.05, 0) is 25.0 Å². The van der Waals surface area contributed by atoms with Crippen LogP contribution in [0.4, 0.5) is 5.82 Å². The highest BCUT2D eigenvalue weighted by Crippen LogP contribution is 2.40. The average molecular weight is 422 g/mol. The van der Waals surface area contributed by atoms with Gasteiger partial charge in [0.05, 0.1) is 17.1 Å². The maximum atomic E-state index is 12.5. The molecule has 30 heavy (non-hydrogen) atoms. The number of anilines is 1. The Morgan fingerprint density at radius 1 is 1.23 bits per heavy atom. The van der Waals surface area contributed by atoms with Crippen molar-refractivity contribution in [3.8, 4) is 5.69 Å². The molecular formula is C19H18N8O2S. The van der Waals surface area contributed by atoms with E-state index in [1.165, 1.54) is 18.1 Å². The minimum atomic E-state index is -0.171. The van der Waals surface area contributed by atoms with Crippen molar-refractivity contribution < 1.29 is 9.21 Å². The highest BCUT2D eigenvalue weighted by molar-refractivity contribution is 7.99. The van der Waals surface area contributed by atoms with Crippen LogP contribution in [-0.2, 0) is 11.3 Å². The Kier molecular flexibility index (Phi) is 5.01. The summed E-state index contributed by atoms with van der Waals surface area (Å²) in [6, 6.07) is 11.7. The molecule has 1 saturated carbocycles. The van der Waals surface area contributed by atoms with E-state index in [0.717, 1.165) is 24.2 Å². The number of thioether (sulfide) groups is 1. The minimum Gasteiger partial charge on any atom is -0.414 e. The molecule has 0 saturated heterocycles. The summed E-state index contributed by atoms with van der Waals surface area (Å²) in [5, 5.41) is 19.9. The van der Waals surface area contributed by atoms with Crippen molar-refractivity contribution in [3.63, 3.8) is 0 Å². The first-order valence-electron chi connectivity index (χ1n) is 9.47. The van der Waals surface area contributed by atoms with Crippen LogP contribution in [0, 0.1) is 0 Å². The minimum absolute atomic E-state index is 0.143. The zero-order valence-electron chi connectivity index (χ0n) is 15.9. The summed E-state index contributed by atoms with van der Waals surface area (Å²) in [4.78, 5) is 16.4. The largest absolute Gasteiger partial charge is 0.414 e. The van der Waals surface area contributed by atoms with Gasteiger partial charge in [-0.25, -0.2) is 14.3 Å². The van der Waals surface area contributed by atoms with E-state index in [1.54, 1.807) is 15.7 Å². The molecule has 0 atom stereocenters. The molecular weight excluding hydrogens is 404 g/mol. The van der Waals surface area contributed by atoms with Gasteiger partial charge in [-0.15, -0.1) is 10.2 Å². The molecule has 1 aromatic carbocycles. The SMILES string of the molecule is O=C(CSc1nnc(Cn2cncn2)o1)Nc1cc(C2CC2)nn1-c1ccccc1. The third-order valence-corrected chi connectivity index (χ3v) is 5.35. The molecule has 5 rings (SSSR count). The molecule has 11 heteroatoms. The molecule has 1 N–H and O–H groups in total. The lowest BCUT2D eigenvalue weighted by atomic mass is 10.3. The summed E-state index contributed by atoms with van der Waals surface area (Å²) in [7, 11) is 0. The van der Waals surface area contributed by atoms with Crippen LogP contribution in [0.1, 0.15) is 30.3 Å². The number of para-hydroxylation sites is 1. The monoisotopic (exact) mass is 422 g/mol. The molecule has 0 aliphatic heterocycles. The molecule has 3 heterocycles. The lowest BCUT2D eigenvalue weighted by molar-refractivity contribution is -0.113. The van der Waals surface area contributed by atoms with Crippen LogP contribution in [0.15, 0.2) is 58.7 Å². The van der Waals surface area contributed by atoms with Gasteiger partial charge < -0.3 is 9.73 Å². The van der Waals surface area contributed by atoms with Crippen molar-refractivity contribution in [3.05, 3.63) is 60.6 Å². The molecule has 1 amide bonds. The van der Waals surface area contributed by atoms with Crippen molar-refractivity contribution in [1.29, 1.82) is 0 Å². The molecule has 4 aromatic rings. The van der Waals surface area contributed by atoms with Crippen molar-refractivity contribution in [2.45, 2.75) is 30.5 Å². The van der Waals surface area contributed by atoms with Crippen LogP contribution < -0.4 is 5.32 Å². The van der Waals surface area contributed by atoms with Crippen LogP contribution >= 0.6 is 11.8 Å². The molecule has 0 unspecified atom stereocenters. The van der Waals surface area contributed by atoms with Gasteiger partial charge in [0, 0.05) is 12.0 Å². The van der Waals surface area contributed by atoms with Gasteiger partial charge in [0.2, 0.25) is 11.8 Å². The van der Waals surface area contributed by atoms with Gasteiger partial charge in [-0.1, -0.05) is 30.0 Å². The summed E-state index contributed by atoms with van der Waals surface area (Å²) < 4.78 is 8.91. The second-order valence-corrected chi connectivity index (χ2v) is 7.79. The van der Waals surface area contributed by atoms with E-state index in [-0.39, 0.29) is 11.7 Å². The van der Waals surface area contributed by atoms with Crippen LogP contribution in [0.3, 0.4) is 0 Å². The van der Waals surface area contributed by atoms with Crippen LogP contribution in [0.5, 0.6) is 0 Å². The predicted molar refractivity (Wildman–Crippen MR) is 108 cm³/mol. The Balaban J connectivity index is 1.23. The highest BCUT2D eigenvalue weighted by atomic mass is 32.2. The Bertz CT molecular complexity index is 1130. The molecule has 0 radical (unpaired) electrons. The van der Waals surface area contributed by atoms with Gasteiger partial charge in [0.25, 0.3) is 5.22 Å². The fourth-order valence-electron chi connectivity index (χ4n) is 2.95. The number of hydrogen-bond donors (Lipinski definition) is 1. The first-order chi connectivity index (χ1) is 14.7. The lowest BCUT2D eigenvalue weighted by Crippen LogP contribution is -2.16. The standard InChI is InChI=1S/C19H18N8O2S/c28-17(10-30-19-24-23-18(29-19)9-26-12-20-11-21-26)22-16-8-15(13-6-7-13)25-27(16)14-4-2-1-3-5-14/h1-5,8,11-13H,6-7,9-10H2,(H,22,28). The smallest absolute Gasteiger partial charge is 0.277 e. The van der Waals surface area contributed by atoms with Gasteiger partial charge in [-0.2, -0.15) is 10.2 Å². The summed E-state index contributed by atoms with van der Waals surface area (Å²) in [6.45, 7) is 0.333. The van der Waals surface area contributed by atoms with Crippen LogP contribution in [-0.4, -0.2) is 46.4 Å². The third kappa shape index (κ3) is 4.25. The molecule has 1 fully saturated rings. The number of carbonyl (C=O) groups is 1. The van der Waals surface area contributed by atoms with E-state index in [9.17, 15) is 4.79 Å². The zero-order valence-corrected chi connectivity index (χ0v) is 16.7. The molecule has 1 aliphatic rings. The number of nitrogens with zero attached hydrogens (tertiary/aromatic N) is 7. The number of benzene rings is 1. The molecule has 10 nitrogen and oxygen atoms in total. The number of rotatable bonds is 8. The van der Waals surface area contributed by atoms with Gasteiger partial charge in [-0.3, -0.25) is 4.79 Å². The zero-order chi connectivity index (χ0) is 20.3. The number of nitrogens with one attached hydrogen (secondary N) is 1. The van der Waals surface area contributed by atoms with Crippen molar-refractivity contribution in [2.75, 3.05) is 11.1 Å². The molecule has 0 bridgehead atoms. The van der Waals surface area contributed by atoms with E-state index >= 15 is 0 Å². The Morgan fingerprint density at radius 3 is 2.87 bits per heavy atom.